The third-order valence-corrected chi connectivity index (χ3v) is 9.32. The second-order valence-electron chi connectivity index (χ2n) is 11.9. The summed E-state index contributed by atoms with van der Waals surface area (Å²) in [5.41, 5.74) is 2.99. The van der Waals surface area contributed by atoms with Gasteiger partial charge in [0.05, 0.1) is 26.4 Å². The zero-order chi connectivity index (χ0) is 38.3. The molecule has 0 fully saturated rings. The summed E-state index contributed by atoms with van der Waals surface area (Å²) in [6, 6.07) is 36.8. The molecule has 0 radical (unpaired) electrons. The lowest BCUT2D eigenvalue weighted by Crippen LogP contribution is -2.30. The second kappa shape index (κ2) is 19.5. The molecular weight excluding hydrogens is 703 g/mol. The monoisotopic (exact) mass is 743 g/mol. The number of anilines is 2. The molecule has 5 aromatic carbocycles. The van der Waals surface area contributed by atoms with Gasteiger partial charge in [-0.15, -0.1) is 11.8 Å². The molecule has 11 heteroatoms. The summed E-state index contributed by atoms with van der Waals surface area (Å²) in [6.07, 6.45) is 3.23. The predicted molar refractivity (Wildman–Crippen MR) is 212 cm³/mol. The van der Waals surface area contributed by atoms with Gasteiger partial charge < -0.3 is 30.2 Å². The Kier molecular flexibility index (Phi) is 14.0. The SMILES string of the molecule is CCCCOC(=O)c1ccc(NC(=O)C(Sc2cccc(NC(=O)/C(=C\c3cccc(OC)c3OC)NC(=O)c3ccccc3)c2)c2ccccc2)cc1. The highest BCUT2D eigenvalue weighted by Crippen LogP contribution is 2.37. The van der Waals surface area contributed by atoms with Gasteiger partial charge in [-0.1, -0.05) is 80.1 Å². The standard InChI is InChI=1S/C43H41N3O7S/c1-4-5-26-53-43(50)31-22-24-33(25-23-31)44-42(49)39(29-14-8-6-9-15-29)54-35-20-13-19-34(28-35)45-41(48)36(46-40(47)30-16-10-7-11-17-30)27-32-18-12-21-37(51-2)38(32)52-3/h6-25,27-28,39H,4-5,26H2,1-3H3,(H,44,49)(H,45,48)(H,46,47)/b36-27+. The van der Waals surface area contributed by atoms with Crippen LogP contribution in [0.1, 0.15) is 56.9 Å². The highest BCUT2D eigenvalue weighted by molar-refractivity contribution is 8.00. The fraction of sp³-hybridized carbons (Fsp3) is 0.163. The van der Waals surface area contributed by atoms with Crippen LogP contribution in [0.5, 0.6) is 11.5 Å². The van der Waals surface area contributed by atoms with E-state index in [-0.39, 0.29) is 11.6 Å². The molecule has 1 unspecified atom stereocenters. The third-order valence-electron chi connectivity index (χ3n) is 8.07. The number of amides is 3. The molecule has 5 rings (SSSR count). The highest BCUT2D eigenvalue weighted by atomic mass is 32.2. The molecule has 3 amide bonds. The number of hydrogen-bond donors (Lipinski definition) is 3. The molecule has 54 heavy (non-hydrogen) atoms. The van der Waals surface area contributed by atoms with E-state index in [4.69, 9.17) is 14.2 Å². The lowest BCUT2D eigenvalue weighted by molar-refractivity contribution is -0.116. The number of unbranched alkanes of at least 4 members (excludes halogenated alkanes) is 1. The predicted octanol–water partition coefficient (Wildman–Crippen LogP) is 8.54. The van der Waals surface area contributed by atoms with Gasteiger partial charge in [-0.3, -0.25) is 14.4 Å². The van der Waals surface area contributed by atoms with E-state index in [0.717, 1.165) is 18.4 Å². The quantitative estimate of drug-likeness (QED) is 0.0397. The van der Waals surface area contributed by atoms with Gasteiger partial charge in [0.25, 0.3) is 11.8 Å². The zero-order valence-electron chi connectivity index (χ0n) is 30.2. The number of thioether (sulfide) groups is 1. The van der Waals surface area contributed by atoms with Crippen LogP contribution in [-0.4, -0.2) is 44.5 Å². The van der Waals surface area contributed by atoms with Crippen molar-refractivity contribution in [2.45, 2.75) is 29.9 Å². The first-order valence-electron chi connectivity index (χ1n) is 17.3. The molecular formula is C43H41N3O7S. The fourth-order valence-electron chi connectivity index (χ4n) is 5.30. The van der Waals surface area contributed by atoms with Crippen LogP contribution in [0.3, 0.4) is 0 Å². The smallest absolute Gasteiger partial charge is 0.338 e. The maximum absolute atomic E-state index is 13.9. The largest absolute Gasteiger partial charge is 0.493 e. The molecule has 0 aliphatic carbocycles. The van der Waals surface area contributed by atoms with Gasteiger partial charge in [-0.25, -0.2) is 4.79 Å². The minimum Gasteiger partial charge on any atom is -0.493 e. The summed E-state index contributed by atoms with van der Waals surface area (Å²) in [4.78, 5) is 53.9. The van der Waals surface area contributed by atoms with Crippen molar-refractivity contribution >= 4 is 52.9 Å². The summed E-state index contributed by atoms with van der Waals surface area (Å²) >= 11 is 1.31. The van der Waals surface area contributed by atoms with Gasteiger partial charge in [0.1, 0.15) is 10.9 Å². The number of para-hydroxylation sites is 1. The van der Waals surface area contributed by atoms with Crippen LogP contribution in [0, 0.1) is 0 Å². The van der Waals surface area contributed by atoms with Crippen LogP contribution in [-0.2, 0) is 14.3 Å². The molecule has 0 bridgehead atoms. The molecule has 5 aromatic rings. The molecule has 276 valence electrons. The van der Waals surface area contributed by atoms with Gasteiger partial charge in [0.2, 0.25) is 5.91 Å². The van der Waals surface area contributed by atoms with Gasteiger partial charge in [0.15, 0.2) is 11.5 Å². The van der Waals surface area contributed by atoms with Crippen molar-refractivity contribution in [3.05, 3.63) is 155 Å². The van der Waals surface area contributed by atoms with E-state index in [1.54, 1.807) is 91.0 Å². The molecule has 3 N–H and O–H groups in total. The van der Waals surface area contributed by atoms with E-state index in [1.165, 1.54) is 32.1 Å². The van der Waals surface area contributed by atoms with Crippen molar-refractivity contribution in [1.82, 2.24) is 5.32 Å². The van der Waals surface area contributed by atoms with Crippen LogP contribution in [0.4, 0.5) is 11.4 Å². The van der Waals surface area contributed by atoms with Crippen molar-refractivity contribution in [3.63, 3.8) is 0 Å². The summed E-state index contributed by atoms with van der Waals surface area (Å²) < 4.78 is 16.3. The molecule has 0 spiro atoms. The van der Waals surface area contributed by atoms with Crippen molar-refractivity contribution in [2.24, 2.45) is 0 Å². The van der Waals surface area contributed by atoms with E-state index < -0.39 is 23.0 Å². The fourth-order valence-corrected chi connectivity index (χ4v) is 6.38. The number of hydrogen-bond acceptors (Lipinski definition) is 8. The number of benzene rings is 5. The number of methoxy groups -OCH3 is 2. The Morgan fingerprint density at radius 2 is 1.43 bits per heavy atom. The van der Waals surface area contributed by atoms with Gasteiger partial charge in [-0.2, -0.15) is 0 Å². The number of ether oxygens (including phenoxy) is 3. The van der Waals surface area contributed by atoms with E-state index in [9.17, 15) is 19.2 Å². The van der Waals surface area contributed by atoms with Crippen LogP contribution in [0.15, 0.2) is 138 Å². The third kappa shape index (κ3) is 10.6. The Labute approximate surface area is 318 Å². The lowest BCUT2D eigenvalue weighted by Gasteiger charge is -2.18. The van der Waals surface area contributed by atoms with Crippen LogP contribution in [0.25, 0.3) is 6.08 Å². The van der Waals surface area contributed by atoms with Crippen molar-refractivity contribution in [2.75, 3.05) is 31.5 Å². The summed E-state index contributed by atoms with van der Waals surface area (Å²) in [7, 11) is 3.01. The number of carbonyl (C=O) groups excluding carboxylic acids is 4. The van der Waals surface area contributed by atoms with Gasteiger partial charge >= 0.3 is 5.97 Å². The Bertz CT molecular complexity index is 2090. The molecule has 0 saturated carbocycles. The molecule has 10 nitrogen and oxygen atoms in total. The lowest BCUT2D eigenvalue weighted by atomic mass is 10.1. The minimum absolute atomic E-state index is 0.0322. The zero-order valence-corrected chi connectivity index (χ0v) is 31.0. The first-order valence-corrected chi connectivity index (χ1v) is 18.2. The van der Waals surface area contributed by atoms with Gasteiger partial charge in [0, 0.05) is 27.4 Å². The first-order chi connectivity index (χ1) is 26.3. The maximum Gasteiger partial charge on any atom is 0.338 e. The van der Waals surface area contributed by atoms with Crippen LogP contribution >= 0.6 is 11.8 Å². The minimum atomic E-state index is -0.669. The summed E-state index contributed by atoms with van der Waals surface area (Å²) in [6.45, 7) is 2.38. The Morgan fingerprint density at radius 3 is 2.11 bits per heavy atom. The van der Waals surface area contributed by atoms with Crippen LogP contribution in [0.2, 0.25) is 0 Å². The molecule has 0 heterocycles. The topological polar surface area (TPSA) is 132 Å². The van der Waals surface area contributed by atoms with Crippen molar-refractivity contribution < 1.29 is 33.4 Å². The molecule has 0 saturated heterocycles. The number of esters is 1. The van der Waals surface area contributed by atoms with E-state index in [0.29, 0.717) is 51.1 Å². The Morgan fingerprint density at radius 1 is 0.722 bits per heavy atom. The Balaban J connectivity index is 1.36. The van der Waals surface area contributed by atoms with Crippen LogP contribution < -0.4 is 25.4 Å². The summed E-state index contributed by atoms with van der Waals surface area (Å²) in [5.74, 6) is -0.889. The van der Waals surface area contributed by atoms with E-state index >= 15 is 0 Å². The first kappa shape index (κ1) is 38.9. The van der Waals surface area contributed by atoms with Crippen molar-refractivity contribution in [3.8, 4) is 11.5 Å². The normalized spacial score (nSPS) is 11.5. The number of nitrogens with one attached hydrogen (secondary N) is 3. The molecule has 0 aromatic heterocycles. The number of rotatable bonds is 16. The highest BCUT2D eigenvalue weighted by Gasteiger charge is 2.23. The molecule has 1 atom stereocenters. The Hall–Kier alpha value is -6.33. The maximum atomic E-state index is 13.9. The number of carbonyl (C=O) groups is 4. The van der Waals surface area contributed by atoms with Gasteiger partial charge in [-0.05, 0) is 78.7 Å². The molecule has 0 aliphatic rings. The van der Waals surface area contributed by atoms with E-state index in [2.05, 4.69) is 16.0 Å². The van der Waals surface area contributed by atoms with E-state index in [1.807, 2.05) is 43.3 Å². The average molecular weight is 744 g/mol. The average Bonchev–Trinajstić information content (AvgIpc) is 3.20. The molecule has 0 aliphatic heterocycles. The second-order valence-corrected chi connectivity index (χ2v) is 13.1. The van der Waals surface area contributed by atoms with Crippen molar-refractivity contribution in [1.29, 1.82) is 0 Å². The summed E-state index contributed by atoms with van der Waals surface area (Å²) in [5, 5.41) is 7.94.